The maximum absolute atomic E-state index is 12.2. The van der Waals surface area contributed by atoms with Crippen LogP contribution in [0.15, 0.2) is 0 Å². The quantitative estimate of drug-likeness (QED) is 0.766. The number of rotatable bonds is 5. The Hall–Kier alpha value is -0.570. The lowest BCUT2D eigenvalue weighted by Gasteiger charge is -2.30. The van der Waals surface area contributed by atoms with Crippen LogP contribution in [-0.2, 0) is 9.53 Å². The summed E-state index contributed by atoms with van der Waals surface area (Å²) in [5.41, 5.74) is 5.85. The van der Waals surface area contributed by atoms with Crippen LogP contribution in [0.4, 0.5) is 0 Å². The van der Waals surface area contributed by atoms with Crippen molar-refractivity contribution in [1.82, 2.24) is 0 Å². The van der Waals surface area contributed by atoms with E-state index in [1.54, 1.807) is 0 Å². The molecule has 0 saturated heterocycles. The Bertz CT molecular complexity index is 275. The predicted molar refractivity (Wildman–Crippen MR) is 74.2 cm³/mol. The number of ether oxygens (including phenoxy) is 1. The number of nitrogens with two attached hydrogens (primary N) is 1. The van der Waals surface area contributed by atoms with Crippen LogP contribution >= 0.6 is 0 Å². The van der Waals surface area contributed by atoms with E-state index in [4.69, 9.17) is 10.5 Å². The fourth-order valence-electron chi connectivity index (χ4n) is 2.81. The summed E-state index contributed by atoms with van der Waals surface area (Å²) in [5.74, 6) is -0.0987. The van der Waals surface area contributed by atoms with Crippen molar-refractivity contribution in [2.24, 2.45) is 11.7 Å². The van der Waals surface area contributed by atoms with E-state index in [1.165, 1.54) is 12.8 Å². The normalized spacial score (nSPS) is 20.7. The van der Waals surface area contributed by atoms with Gasteiger partial charge < -0.3 is 10.5 Å². The van der Waals surface area contributed by atoms with Gasteiger partial charge >= 0.3 is 5.97 Å². The Morgan fingerprint density at radius 2 is 1.89 bits per heavy atom. The van der Waals surface area contributed by atoms with Crippen molar-refractivity contribution < 1.29 is 9.53 Å². The molecule has 1 atom stereocenters. The Kier molecular flexibility index (Phi) is 5.20. The van der Waals surface area contributed by atoms with E-state index in [-0.39, 0.29) is 17.4 Å². The molecule has 1 aliphatic carbocycles. The number of esters is 1. The number of hydrogen-bond donors (Lipinski definition) is 1. The molecule has 1 rings (SSSR count). The first kappa shape index (κ1) is 15.5. The third-order valence-electron chi connectivity index (χ3n) is 3.63. The lowest BCUT2D eigenvalue weighted by Crippen LogP contribution is -2.41. The molecule has 18 heavy (non-hydrogen) atoms. The summed E-state index contributed by atoms with van der Waals surface area (Å²) in [6.07, 6.45) is 7.17. The summed E-state index contributed by atoms with van der Waals surface area (Å²) >= 11 is 0. The molecule has 3 heteroatoms. The van der Waals surface area contributed by atoms with Gasteiger partial charge in [0.05, 0.1) is 5.92 Å². The van der Waals surface area contributed by atoms with E-state index >= 15 is 0 Å². The first-order valence-corrected chi connectivity index (χ1v) is 7.27. The van der Waals surface area contributed by atoms with E-state index in [0.29, 0.717) is 0 Å². The second kappa shape index (κ2) is 6.05. The standard InChI is InChI=1S/C15H29NO2/c1-5-8-12(13(17)18-14(2,3)4)11-15(16)9-6-7-10-15/h12H,5-11,16H2,1-4H3. The summed E-state index contributed by atoms with van der Waals surface area (Å²) in [5, 5.41) is 0. The Morgan fingerprint density at radius 3 is 2.33 bits per heavy atom. The van der Waals surface area contributed by atoms with Gasteiger partial charge in [0.15, 0.2) is 0 Å². The Balaban J connectivity index is 2.61. The molecule has 0 spiro atoms. The topological polar surface area (TPSA) is 52.3 Å². The molecule has 0 aliphatic heterocycles. The zero-order valence-electron chi connectivity index (χ0n) is 12.4. The molecular formula is C15H29NO2. The van der Waals surface area contributed by atoms with Crippen molar-refractivity contribution in [3.63, 3.8) is 0 Å². The summed E-state index contributed by atoms with van der Waals surface area (Å²) in [6.45, 7) is 7.86. The van der Waals surface area contributed by atoms with Crippen LogP contribution in [0.25, 0.3) is 0 Å². The molecule has 106 valence electrons. The molecule has 0 aromatic carbocycles. The summed E-state index contributed by atoms with van der Waals surface area (Å²) < 4.78 is 5.51. The smallest absolute Gasteiger partial charge is 0.309 e. The maximum Gasteiger partial charge on any atom is 0.309 e. The van der Waals surface area contributed by atoms with Gasteiger partial charge in [-0.1, -0.05) is 26.2 Å². The fourth-order valence-corrected chi connectivity index (χ4v) is 2.81. The van der Waals surface area contributed by atoms with Crippen molar-refractivity contribution in [1.29, 1.82) is 0 Å². The average molecular weight is 255 g/mol. The van der Waals surface area contributed by atoms with Crippen LogP contribution in [0.2, 0.25) is 0 Å². The van der Waals surface area contributed by atoms with Crippen molar-refractivity contribution in [2.45, 2.75) is 83.8 Å². The maximum atomic E-state index is 12.2. The van der Waals surface area contributed by atoms with Gasteiger partial charge in [-0.25, -0.2) is 0 Å². The Morgan fingerprint density at radius 1 is 1.33 bits per heavy atom. The molecule has 0 aromatic heterocycles. The number of carbonyl (C=O) groups is 1. The van der Waals surface area contributed by atoms with Gasteiger partial charge in [-0.05, 0) is 46.5 Å². The van der Waals surface area contributed by atoms with E-state index < -0.39 is 5.60 Å². The first-order chi connectivity index (χ1) is 8.26. The summed E-state index contributed by atoms with van der Waals surface area (Å²) in [6, 6.07) is 0. The minimum Gasteiger partial charge on any atom is -0.460 e. The minimum atomic E-state index is -0.402. The van der Waals surface area contributed by atoms with Gasteiger partial charge in [0.2, 0.25) is 0 Å². The van der Waals surface area contributed by atoms with Crippen molar-refractivity contribution >= 4 is 5.97 Å². The molecule has 0 bridgehead atoms. The molecule has 0 amide bonds. The Labute approximate surface area is 111 Å². The van der Waals surface area contributed by atoms with Crippen molar-refractivity contribution in [3.05, 3.63) is 0 Å². The average Bonchev–Trinajstić information content (AvgIpc) is 2.62. The highest BCUT2D eigenvalue weighted by atomic mass is 16.6. The van der Waals surface area contributed by atoms with Crippen LogP contribution in [0.1, 0.15) is 72.6 Å². The molecule has 2 N–H and O–H groups in total. The molecule has 3 nitrogen and oxygen atoms in total. The molecule has 1 unspecified atom stereocenters. The van der Waals surface area contributed by atoms with Crippen LogP contribution in [-0.4, -0.2) is 17.1 Å². The highest BCUT2D eigenvalue weighted by Crippen LogP contribution is 2.34. The monoisotopic (exact) mass is 255 g/mol. The van der Waals surface area contributed by atoms with Gasteiger partial charge in [-0.2, -0.15) is 0 Å². The second-order valence-corrected chi connectivity index (χ2v) is 6.79. The SMILES string of the molecule is CCCC(CC1(N)CCCC1)C(=O)OC(C)(C)C. The number of carbonyl (C=O) groups excluding carboxylic acids is 1. The highest BCUT2D eigenvalue weighted by molar-refractivity contribution is 5.73. The van der Waals surface area contributed by atoms with Crippen LogP contribution < -0.4 is 5.73 Å². The lowest BCUT2D eigenvalue weighted by molar-refractivity contribution is -0.161. The molecule has 0 aromatic rings. The summed E-state index contributed by atoms with van der Waals surface area (Å²) in [7, 11) is 0. The van der Waals surface area contributed by atoms with Crippen LogP contribution in [0.3, 0.4) is 0 Å². The van der Waals surface area contributed by atoms with E-state index in [2.05, 4.69) is 6.92 Å². The zero-order chi connectivity index (χ0) is 13.8. The molecule has 1 saturated carbocycles. The fraction of sp³-hybridized carbons (Fsp3) is 0.933. The highest BCUT2D eigenvalue weighted by Gasteiger charge is 2.35. The number of hydrogen-bond acceptors (Lipinski definition) is 3. The second-order valence-electron chi connectivity index (χ2n) is 6.79. The van der Waals surface area contributed by atoms with Gasteiger partial charge in [-0.3, -0.25) is 4.79 Å². The predicted octanol–water partition coefficient (Wildman–Crippen LogP) is 3.41. The van der Waals surface area contributed by atoms with E-state index in [9.17, 15) is 4.79 Å². The van der Waals surface area contributed by atoms with E-state index in [0.717, 1.165) is 32.1 Å². The molecule has 1 aliphatic rings. The van der Waals surface area contributed by atoms with Gasteiger partial charge in [0.25, 0.3) is 0 Å². The van der Waals surface area contributed by atoms with Crippen molar-refractivity contribution in [2.75, 3.05) is 0 Å². The largest absolute Gasteiger partial charge is 0.460 e. The van der Waals surface area contributed by atoms with Crippen LogP contribution in [0, 0.1) is 5.92 Å². The molecule has 0 heterocycles. The summed E-state index contributed by atoms with van der Waals surface area (Å²) in [4.78, 5) is 12.2. The minimum absolute atomic E-state index is 0.0303. The molecular weight excluding hydrogens is 226 g/mol. The molecule has 0 radical (unpaired) electrons. The van der Waals surface area contributed by atoms with Gasteiger partial charge in [-0.15, -0.1) is 0 Å². The van der Waals surface area contributed by atoms with Gasteiger partial charge in [0.1, 0.15) is 5.60 Å². The first-order valence-electron chi connectivity index (χ1n) is 7.27. The molecule has 1 fully saturated rings. The van der Waals surface area contributed by atoms with Gasteiger partial charge in [0, 0.05) is 5.54 Å². The third-order valence-corrected chi connectivity index (χ3v) is 3.63. The van der Waals surface area contributed by atoms with Crippen molar-refractivity contribution in [3.8, 4) is 0 Å². The third kappa shape index (κ3) is 4.97. The van der Waals surface area contributed by atoms with Crippen LogP contribution in [0.5, 0.6) is 0 Å². The zero-order valence-corrected chi connectivity index (χ0v) is 12.4. The van der Waals surface area contributed by atoms with E-state index in [1.807, 2.05) is 20.8 Å². The lowest BCUT2D eigenvalue weighted by atomic mass is 9.84.